The topological polar surface area (TPSA) is 105 Å². The number of amides is 2. The lowest BCUT2D eigenvalue weighted by Crippen LogP contribution is -2.53. The monoisotopic (exact) mass is 611 g/mol. The fraction of sp³-hybridized carbons (Fsp3) is 0.355. The molecule has 0 bridgehead atoms. The number of ether oxygens (including phenoxy) is 2. The molecule has 9 nitrogen and oxygen atoms in total. The van der Waals surface area contributed by atoms with Crippen LogP contribution in [-0.2, 0) is 26.0 Å². The van der Waals surface area contributed by atoms with Crippen molar-refractivity contribution in [3.05, 3.63) is 83.4 Å². The Bertz CT molecular complexity index is 1530. The van der Waals surface area contributed by atoms with Crippen LogP contribution in [-0.4, -0.2) is 63.4 Å². The zero-order chi connectivity index (χ0) is 29.7. The molecule has 5 rings (SSSR count). The predicted molar refractivity (Wildman–Crippen MR) is 160 cm³/mol. The summed E-state index contributed by atoms with van der Waals surface area (Å²) in [4.78, 5) is 28.5. The summed E-state index contributed by atoms with van der Waals surface area (Å²) in [6.07, 6.45) is 0.541. The number of carbonyl (C=O) groups is 2. The van der Waals surface area contributed by atoms with E-state index in [0.29, 0.717) is 49.6 Å². The van der Waals surface area contributed by atoms with Crippen LogP contribution in [0, 0.1) is 5.92 Å². The number of anilines is 1. The molecule has 0 aliphatic carbocycles. The minimum absolute atomic E-state index is 0.0796. The van der Waals surface area contributed by atoms with Gasteiger partial charge in [0.15, 0.2) is 6.10 Å². The maximum atomic E-state index is 13.8. The summed E-state index contributed by atoms with van der Waals surface area (Å²) in [5.74, 6) is 0.0690. The van der Waals surface area contributed by atoms with Crippen molar-refractivity contribution < 1.29 is 27.5 Å². The van der Waals surface area contributed by atoms with Gasteiger partial charge in [0.25, 0.3) is 5.91 Å². The molecule has 0 aromatic heterocycles. The van der Waals surface area contributed by atoms with E-state index in [4.69, 9.17) is 21.1 Å². The molecule has 11 heteroatoms. The highest BCUT2D eigenvalue weighted by atomic mass is 35.5. The highest BCUT2D eigenvalue weighted by molar-refractivity contribution is 7.89. The van der Waals surface area contributed by atoms with Gasteiger partial charge < -0.3 is 19.7 Å². The van der Waals surface area contributed by atoms with Crippen molar-refractivity contribution in [3.63, 3.8) is 0 Å². The van der Waals surface area contributed by atoms with E-state index in [9.17, 15) is 18.0 Å². The largest absolute Gasteiger partial charge is 0.492 e. The van der Waals surface area contributed by atoms with Crippen molar-refractivity contribution in [2.75, 3.05) is 37.7 Å². The van der Waals surface area contributed by atoms with Gasteiger partial charge in [0.05, 0.1) is 28.8 Å². The number of sulfonamides is 1. The quantitative estimate of drug-likeness (QED) is 0.387. The van der Waals surface area contributed by atoms with Crippen molar-refractivity contribution in [1.29, 1.82) is 0 Å². The SMILES string of the molecule is CCOc1ccc(S(=O)(=O)N2CCC(C(=O)N3CC(C(=O)NCCc4ccccc4)Oc4ccccc43)CC2)cc1Cl. The summed E-state index contributed by atoms with van der Waals surface area (Å²) in [7, 11) is -3.79. The van der Waals surface area contributed by atoms with Gasteiger partial charge in [-0.05, 0) is 62.1 Å². The van der Waals surface area contributed by atoms with Crippen molar-refractivity contribution in [2.45, 2.75) is 37.2 Å². The lowest BCUT2D eigenvalue weighted by atomic mass is 9.95. The smallest absolute Gasteiger partial charge is 0.262 e. The van der Waals surface area contributed by atoms with Gasteiger partial charge >= 0.3 is 0 Å². The number of hydrogen-bond acceptors (Lipinski definition) is 6. The van der Waals surface area contributed by atoms with Gasteiger partial charge in [0, 0.05) is 25.6 Å². The first-order valence-electron chi connectivity index (χ1n) is 14.1. The van der Waals surface area contributed by atoms with E-state index in [1.54, 1.807) is 29.2 Å². The lowest BCUT2D eigenvalue weighted by molar-refractivity contribution is -0.129. The molecule has 0 radical (unpaired) electrons. The Hall–Kier alpha value is -3.60. The summed E-state index contributed by atoms with van der Waals surface area (Å²) in [5.41, 5.74) is 1.72. The third-order valence-corrected chi connectivity index (χ3v) is 9.72. The van der Waals surface area contributed by atoms with Crippen molar-refractivity contribution >= 4 is 39.1 Å². The molecule has 222 valence electrons. The molecule has 1 fully saturated rings. The maximum absolute atomic E-state index is 13.8. The first kappa shape index (κ1) is 29.9. The summed E-state index contributed by atoms with van der Waals surface area (Å²) in [6.45, 7) is 3.16. The minimum Gasteiger partial charge on any atom is -0.492 e. The maximum Gasteiger partial charge on any atom is 0.262 e. The third kappa shape index (κ3) is 6.56. The van der Waals surface area contributed by atoms with Crippen LogP contribution in [0.25, 0.3) is 0 Å². The first-order valence-corrected chi connectivity index (χ1v) is 15.9. The Labute approximate surface area is 251 Å². The zero-order valence-corrected chi connectivity index (χ0v) is 24.9. The summed E-state index contributed by atoms with van der Waals surface area (Å²) < 4.78 is 39.4. The number of benzene rings is 3. The molecule has 2 aliphatic rings. The molecule has 1 N–H and O–H groups in total. The van der Waals surface area contributed by atoms with Crippen molar-refractivity contribution in [1.82, 2.24) is 9.62 Å². The molecule has 0 saturated carbocycles. The summed E-state index contributed by atoms with van der Waals surface area (Å²) in [6, 6.07) is 21.5. The molecule has 0 spiro atoms. The van der Waals surface area contributed by atoms with Gasteiger partial charge in [-0.2, -0.15) is 4.31 Å². The van der Waals surface area contributed by atoms with E-state index in [0.717, 1.165) is 5.56 Å². The Kier molecular flexibility index (Phi) is 9.35. The van der Waals surface area contributed by atoms with Gasteiger partial charge in [-0.1, -0.05) is 54.1 Å². The van der Waals surface area contributed by atoms with Crippen LogP contribution in [0.3, 0.4) is 0 Å². The molecule has 1 unspecified atom stereocenters. The number of hydrogen-bond donors (Lipinski definition) is 1. The van der Waals surface area contributed by atoms with E-state index in [-0.39, 0.29) is 41.4 Å². The van der Waals surface area contributed by atoms with E-state index in [2.05, 4.69) is 5.32 Å². The van der Waals surface area contributed by atoms with Crippen LogP contribution in [0.4, 0.5) is 5.69 Å². The minimum atomic E-state index is -3.79. The van der Waals surface area contributed by atoms with Crippen LogP contribution in [0.1, 0.15) is 25.3 Å². The molecule has 2 heterocycles. The zero-order valence-electron chi connectivity index (χ0n) is 23.4. The molecule has 2 amide bonds. The fourth-order valence-electron chi connectivity index (χ4n) is 5.30. The van der Waals surface area contributed by atoms with Crippen molar-refractivity contribution in [3.8, 4) is 11.5 Å². The van der Waals surface area contributed by atoms with Gasteiger partial charge in [0.2, 0.25) is 15.9 Å². The molecule has 1 saturated heterocycles. The van der Waals surface area contributed by atoms with Gasteiger partial charge in [0.1, 0.15) is 11.5 Å². The molecule has 2 aliphatic heterocycles. The highest BCUT2D eigenvalue weighted by Gasteiger charge is 2.39. The van der Waals surface area contributed by atoms with E-state index in [1.807, 2.05) is 43.3 Å². The average molecular weight is 612 g/mol. The second-order valence-electron chi connectivity index (χ2n) is 10.3. The van der Waals surface area contributed by atoms with Crippen LogP contribution in [0.15, 0.2) is 77.7 Å². The van der Waals surface area contributed by atoms with E-state index < -0.39 is 22.0 Å². The van der Waals surface area contributed by atoms with Gasteiger partial charge in [-0.15, -0.1) is 0 Å². The average Bonchev–Trinajstić information content (AvgIpc) is 3.01. The number of fused-ring (bicyclic) bond motifs is 1. The Morgan fingerprint density at radius 1 is 1.02 bits per heavy atom. The van der Waals surface area contributed by atoms with Crippen LogP contribution in [0.5, 0.6) is 11.5 Å². The fourth-order valence-corrected chi connectivity index (χ4v) is 7.09. The Morgan fingerprint density at radius 3 is 2.45 bits per heavy atom. The molecule has 3 aromatic carbocycles. The van der Waals surface area contributed by atoms with Crippen LogP contribution in [0.2, 0.25) is 5.02 Å². The van der Waals surface area contributed by atoms with Crippen LogP contribution < -0.4 is 19.7 Å². The summed E-state index contributed by atoms with van der Waals surface area (Å²) in [5, 5.41) is 3.16. The number of carbonyl (C=O) groups excluding carboxylic acids is 2. The second-order valence-corrected chi connectivity index (χ2v) is 12.6. The summed E-state index contributed by atoms with van der Waals surface area (Å²) >= 11 is 6.24. The standard InChI is InChI=1S/C31H34ClN3O6S/c1-2-40-27-13-12-24(20-25(27)32)42(38,39)34-18-15-23(16-19-34)31(37)35-21-29(41-28-11-7-6-10-26(28)35)30(36)33-17-14-22-8-4-3-5-9-22/h3-13,20,23,29H,2,14-19,21H2,1H3,(H,33,36). The van der Waals surface area contributed by atoms with Gasteiger partial charge in [-0.25, -0.2) is 8.42 Å². The number of nitrogens with zero attached hydrogens (tertiary/aromatic N) is 2. The number of piperidine rings is 1. The molecule has 1 atom stereocenters. The number of para-hydroxylation sites is 2. The molecule has 42 heavy (non-hydrogen) atoms. The normalized spacial score (nSPS) is 17.7. The predicted octanol–water partition coefficient (Wildman–Crippen LogP) is 4.29. The number of halogens is 1. The molecular weight excluding hydrogens is 578 g/mol. The van der Waals surface area contributed by atoms with Crippen LogP contribution >= 0.6 is 11.6 Å². The number of nitrogens with one attached hydrogen (secondary N) is 1. The van der Waals surface area contributed by atoms with Crippen molar-refractivity contribution in [2.24, 2.45) is 5.92 Å². The number of rotatable bonds is 9. The first-order chi connectivity index (χ1) is 20.3. The van der Waals surface area contributed by atoms with E-state index in [1.165, 1.54) is 16.4 Å². The molecular formula is C31H34ClN3O6S. The third-order valence-electron chi connectivity index (χ3n) is 7.53. The van der Waals surface area contributed by atoms with Gasteiger partial charge in [-0.3, -0.25) is 9.59 Å². The second kappa shape index (κ2) is 13.1. The lowest BCUT2D eigenvalue weighted by Gasteiger charge is -2.38. The van der Waals surface area contributed by atoms with E-state index >= 15 is 0 Å². The molecule has 3 aromatic rings. The highest BCUT2D eigenvalue weighted by Crippen LogP contribution is 2.36. The Morgan fingerprint density at radius 2 is 1.74 bits per heavy atom. The Balaban J connectivity index is 1.23.